The van der Waals surface area contributed by atoms with Gasteiger partial charge in [-0.2, -0.15) is 4.89 Å². The van der Waals surface area contributed by atoms with Crippen molar-refractivity contribution in [2.24, 2.45) is 0 Å². The molecule has 0 aliphatic heterocycles. The summed E-state index contributed by atoms with van der Waals surface area (Å²) in [5.41, 5.74) is 0.893. The van der Waals surface area contributed by atoms with Crippen molar-refractivity contribution in [3.8, 4) is 0 Å². The molecule has 23 heavy (non-hydrogen) atoms. The summed E-state index contributed by atoms with van der Waals surface area (Å²) in [4.78, 5) is 32.3. The third kappa shape index (κ3) is 8.78. The largest absolute Gasteiger partial charge is 0.462 e. The van der Waals surface area contributed by atoms with Crippen molar-refractivity contribution in [3.63, 3.8) is 0 Å². The minimum atomic E-state index is -0.482. The Balaban J connectivity index is 1.91. The first kappa shape index (κ1) is 18.9. The molecule has 0 aliphatic rings. The van der Waals surface area contributed by atoms with Crippen molar-refractivity contribution < 1.29 is 24.1 Å². The Hall–Kier alpha value is -2.14. The monoisotopic (exact) mass is 320 g/mol. The number of carbonyl (C=O) groups is 2. The maximum Gasteiger partial charge on any atom is 0.373 e. The van der Waals surface area contributed by atoms with Crippen LogP contribution in [0.2, 0.25) is 0 Å². The van der Waals surface area contributed by atoms with Crippen LogP contribution in [0.4, 0.5) is 0 Å². The molecule has 0 unspecified atom stereocenters. The average Bonchev–Trinajstić information content (AvgIpc) is 2.56. The van der Waals surface area contributed by atoms with Crippen molar-refractivity contribution in [1.82, 2.24) is 0 Å². The highest BCUT2D eigenvalue weighted by molar-refractivity contribution is 5.88. The fourth-order valence-electron chi connectivity index (χ4n) is 1.80. The van der Waals surface area contributed by atoms with Crippen molar-refractivity contribution in [3.05, 3.63) is 48.0 Å². The maximum absolute atomic E-state index is 11.6. The molecule has 0 saturated carbocycles. The van der Waals surface area contributed by atoms with Gasteiger partial charge in [-0.25, -0.2) is 9.59 Å². The molecular formula is C18H24O5. The second kappa shape index (κ2) is 11.4. The smallest absolute Gasteiger partial charge is 0.373 e. The number of unbranched alkanes of at least 4 members (excludes halogenated alkanes) is 4. The molecule has 0 bridgehead atoms. The van der Waals surface area contributed by atoms with E-state index < -0.39 is 5.97 Å². The number of ether oxygens (including phenoxy) is 1. The summed E-state index contributed by atoms with van der Waals surface area (Å²) in [7, 11) is 0. The van der Waals surface area contributed by atoms with Gasteiger partial charge in [-0.3, -0.25) is 4.89 Å². The van der Waals surface area contributed by atoms with E-state index in [1.54, 1.807) is 31.2 Å². The van der Waals surface area contributed by atoms with E-state index in [9.17, 15) is 9.59 Å². The average molecular weight is 320 g/mol. The van der Waals surface area contributed by atoms with Gasteiger partial charge in [-0.05, 0) is 31.9 Å². The molecule has 0 heterocycles. The molecule has 0 fully saturated rings. The molecular weight excluding hydrogens is 296 g/mol. The summed E-state index contributed by atoms with van der Waals surface area (Å²) >= 11 is 0. The van der Waals surface area contributed by atoms with Gasteiger partial charge in [0.05, 0.1) is 18.8 Å². The van der Waals surface area contributed by atoms with Crippen LogP contribution in [0.25, 0.3) is 0 Å². The molecule has 0 saturated heterocycles. The number of rotatable bonds is 11. The number of esters is 1. The predicted octanol–water partition coefficient (Wildman–Crippen LogP) is 3.84. The van der Waals surface area contributed by atoms with Crippen LogP contribution in [0.15, 0.2) is 42.5 Å². The minimum absolute atomic E-state index is 0.335. The van der Waals surface area contributed by atoms with E-state index in [0.29, 0.717) is 24.4 Å². The third-order valence-corrected chi connectivity index (χ3v) is 3.10. The zero-order valence-electron chi connectivity index (χ0n) is 13.6. The predicted molar refractivity (Wildman–Crippen MR) is 86.7 cm³/mol. The number of hydrogen-bond donors (Lipinski definition) is 0. The fraction of sp³-hybridized carbons (Fsp3) is 0.444. The molecule has 0 N–H and O–H groups in total. The Labute approximate surface area is 137 Å². The summed E-state index contributed by atoms with van der Waals surface area (Å²) in [6.45, 7) is 5.96. The molecule has 0 spiro atoms. The zero-order chi connectivity index (χ0) is 16.9. The number of benzene rings is 1. The van der Waals surface area contributed by atoms with Gasteiger partial charge in [0.1, 0.15) is 0 Å². The lowest BCUT2D eigenvalue weighted by atomic mass is 10.1. The Morgan fingerprint density at radius 2 is 1.57 bits per heavy atom. The lowest BCUT2D eigenvalue weighted by Crippen LogP contribution is -2.07. The maximum atomic E-state index is 11.6. The van der Waals surface area contributed by atoms with Crippen molar-refractivity contribution >= 4 is 11.9 Å². The minimum Gasteiger partial charge on any atom is -0.462 e. The van der Waals surface area contributed by atoms with Gasteiger partial charge in [-0.1, -0.05) is 44.0 Å². The van der Waals surface area contributed by atoms with Crippen LogP contribution in [0.5, 0.6) is 0 Å². The molecule has 1 rings (SSSR count). The van der Waals surface area contributed by atoms with Crippen LogP contribution in [0, 0.1) is 0 Å². The summed E-state index contributed by atoms with van der Waals surface area (Å²) in [5.74, 6) is -0.816. The van der Waals surface area contributed by atoms with E-state index in [-0.39, 0.29) is 5.97 Å². The van der Waals surface area contributed by atoms with Crippen LogP contribution in [0.3, 0.4) is 0 Å². The highest BCUT2D eigenvalue weighted by Crippen LogP contribution is 2.06. The molecule has 0 atom stereocenters. The normalized spacial score (nSPS) is 10.1. The van der Waals surface area contributed by atoms with Crippen LogP contribution in [0.1, 0.15) is 49.4 Å². The summed E-state index contributed by atoms with van der Waals surface area (Å²) in [5, 5.41) is 0. The van der Waals surface area contributed by atoms with Gasteiger partial charge in [-0.15, -0.1) is 0 Å². The topological polar surface area (TPSA) is 61.8 Å². The molecule has 126 valence electrons. The third-order valence-electron chi connectivity index (χ3n) is 3.10. The molecule has 0 radical (unpaired) electrons. The fourth-order valence-corrected chi connectivity index (χ4v) is 1.80. The van der Waals surface area contributed by atoms with E-state index in [1.165, 1.54) is 0 Å². The van der Waals surface area contributed by atoms with Gasteiger partial charge >= 0.3 is 11.9 Å². The van der Waals surface area contributed by atoms with Gasteiger partial charge in [0.15, 0.2) is 0 Å². The highest BCUT2D eigenvalue weighted by atomic mass is 17.2. The molecule has 5 heteroatoms. The molecule has 1 aromatic rings. The Morgan fingerprint density at radius 3 is 2.22 bits per heavy atom. The standard InChI is InChI=1S/C18H24O5/c1-15(2)17(19)21-13-9-4-3-5-10-14-22-23-18(20)16-11-7-6-8-12-16/h6-8,11-12H,1,3-5,9-10,13-14H2,2H3. The van der Waals surface area contributed by atoms with Crippen molar-refractivity contribution in [2.75, 3.05) is 13.2 Å². The molecule has 0 aliphatic carbocycles. The van der Waals surface area contributed by atoms with Gasteiger partial charge < -0.3 is 4.74 Å². The van der Waals surface area contributed by atoms with Gasteiger partial charge in [0.25, 0.3) is 0 Å². The lowest BCUT2D eigenvalue weighted by Gasteiger charge is -2.05. The van der Waals surface area contributed by atoms with Crippen LogP contribution in [-0.2, 0) is 19.3 Å². The first-order valence-electron chi connectivity index (χ1n) is 7.82. The summed E-state index contributed by atoms with van der Waals surface area (Å²) < 4.78 is 5.00. The van der Waals surface area contributed by atoms with E-state index in [2.05, 4.69) is 6.58 Å². The van der Waals surface area contributed by atoms with Crippen molar-refractivity contribution in [1.29, 1.82) is 0 Å². The Morgan fingerprint density at radius 1 is 0.957 bits per heavy atom. The summed E-state index contributed by atoms with van der Waals surface area (Å²) in [6, 6.07) is 8.71. The summed E-state index contributed by atoms with van der Waals surface area (Å²) in [6.07, 6.45) is 4.61. The zero-order valence-corrected chi connectivity index (χ0v) is 13.6. The van der Waals surface area contributed by atoms with E-state index in [0.717, 1.165) is 32.1 Å². The van der Waals surface area contributed by atoms with Crippen molar-refractivity contribution in [2.45, 2.75) is 39.0 Å². The van der Waals surface area contributed by atoms with E-state index in [4.69, 9.17) is 14.5 Å². The van der Waals surface area contributed by atoms with Crippen LogP contribution >= 0.6 is 0 Å². The van der Waals surface area contributed by atoms with Crippen LogP contribution in [-0.4, -0.2) is 25.2 Å². The highest BCUT2D eigenvalue weighted by Gasteiger charge is 2.06. The Kier molecular flexibility index (Phi) is 9.40. The number of hydrogen-bond acceptors (Lipinski definition) is 5. The first-order chi connectivity index (χ1) is 11.1. The Bertz CT molecular complexity index is 495. The molecule has 1 aromatic carbocycles. The van der Waals surface area contributed by atoms with E-state index >= 15 is 0 Å². The molecule has 0 aromatic heterocycles. The van der Waals surface area contributed by atoms with Gasteiger partial charge in [0.2, 0.25) is 0 Å². The first-order valence-corrected chi connectivity index (χ1v) is 7.82. The second-order valence-corrected chi connectivity index (χ2v) is 5.24. The number of carbonyl (C=O) groups excluding carboxylic acids is 2. The quantitative estimate of drug-likeness (QED) is 0.204. The van der Waals surface area contributed by atoms with E-state index in [1.807, 2.05) is 6.07 Å². The van der Waals surface area contributed by atoms with Crippen LogP contribution < -0.4 is 0 Å². The van der Waals surface area contributed by atoms with Gasteiger partial charge in [0, 0.05) is 5.57 Å². The molecule has 5 nitrogen and oxygen atoms in total. The lowest BCUT2D eigenvalue weighted by molar-refractivity contribution is -0.241. The second-order valence-electron chi connectivity index (χ2n) is 5.24. The molecule has 0 amide bonds. The SMILES string of the molecule is C=C(C)C(=O)OCCCCCCCOOC(=O)c1ccccc1.